The Bertz CT molecular complexity index is 545. The second-order valence-corrected chi connectivity index (χ2v) is 6.11. The zero-order valence-corrected chi connectivity index (χ0v) is 13.6. The van der Waals surface area contributed by atoms with Crippen molar-refractivity contribution in [2.24, 2.45) is 5.92 Å². The average Bonchev–Trinajstić information content (AvgIpc) is 2.52. The Balaban J connectivity index is 2.35. The zero-order valence-electron chi connectivity index (χ0n) is 13.6. The van der Waals surface area contributed by atoms with Crippen LogP contribution < -0.4 is 0 Å². The van der Waals surface area contributed by atoms with Gasteiger partial charge in [-0.1, -0.05) is 58.0 Å². The molecule has 0 bridgehead atoms. The van der Waals surface area contributed by atoms with E-state index in [0.717, 1.165) is 6.42 Å². The van der Waals surface area contributed by atoms with Crippen LogP contribution in [0.5, 0.6) is 0 Å². The summed E-state index contributed by atoms with van der Waals surface area (Å²) < 4.78 is 0. The number of rotatable bonds is 6. The molecular weight excluding hydrogens is 254 g/mol. The van der Waals surface area contributed by atoms with Gasteiger partial charge < -0.3 is 0 Å². The van der Waals surface area contributed by atoms with Gasteiger partial charge in [-0.2, -0.15) is 0 Å². The van der Waals surface area contributed by atoms with Crippen molar-refractivity contribution in [1.82, 2.24) is 4.98 Å². The lowest BCUT2D eigenvalue weighted by molar-refractivity contribution is 0.640. The van der Waals surface area contributed by atoms with Crippen LogP contribution in [-0.2, 0) is 6.42 Å². The first kappa shape index (κ1) is 15.8. The van der Waals surface area contributed by atoms with E-state index in [1.807, 2.05) is 18.5 Å². The van der Waals surface area contributed by atoms with Gasteiger partial charge in [-0.15, -0.1) is 0 Å². The third-order valence-electron chi connectivity index (χ3n) is 4.26. The largest absolute Gasteiger partial charge is 0.264 e. The summed E-state index contributed by atoms with van der Waals surface area (Å²) >= 11 is 0. The molecule has 0 N–H and O–H groups in total. The van der Waals surface area contributed by atoms with Crippen LogP contribution in [0.2, 0.25) is 0 Å². The van der Waals surface area contributed by atoms with Gasteiger partial charge in [-0.25, -0.2) is 0 Å². The maximum absolute atomic E-state index is 4.25. The molecule has 1 unspecified atom stereocenters. The molecule has 0 fully saturated rings. The van der Waals surface area contributed by atoms with Crippen molar-refractivity contribution < 1.29 is 0 Å². The predicted octanol–water partition coefficient (Wildman–Crippen LogP) is 5.42. The highest BCUT2D eigenvalue weighted by atomic mass is 14.6. The van der Waals surface area contributed by atoms with Gasteiger partial charge in [0.2, 0.25) is 0 Å². The minimum atomic E-state index is 0.537. The van der Waals surface area contributed by atoms with Gasteiger partial charge in [-0.05, 0) is 47.4 Å². The first-order chi connectivity index (χ1) is 10.1. The van der Waals surface area contributed by atoms with E-state index in [1.54, 1.807) is 0 Å². The van der Waals surface area contributed by atoms with Crippen LogP contribution in [0.3, 0.4) is 0 Å². The lowest BCUT2D eigenvalue weighted by Gasteiger charge is -2.25. The smallest absolute Gasteiger partial charge is 0.0300 e. The molecule has 1 radical (unpaired) electrons. The minimum absolute atomic E-state index is 0.537. The van der Waals surface area contributed by atoms with Crippen LogP contribution in [0.25, 0.3) is 0 Å². The van der Waals surface area contributed by atoms with Crippen molar-refractivity contribution in [2.75, 3.05) is 0 Å². The third kappa shape index (κ3) is 3.93. The first-order valence-corrected chi connectivity index (χ1v) is 7.97. The second-order valence-electron chi connectivity index (χ2n) is 6.11. The van der Waals surface area contributed by atoms with Crippen molar-refractivity contribution in [3.63, 3.8) is 0 Å². The Labute approximate surface area is 129 Å². The topological polar surface area (TPSA) is 12.9 Å². The molecule has 1 aromatic carbocycles. The Hall–Kier alpha value is -1.63. The molecule has 0 aliphatic heterocycles. The zero-order chi connectivity index (χ0) is 15.2. The molecule has 0 saturated carbocycles. The molecule has 0 aliphatic carbocycles. The molecule has 1 atom stereocenters. The highest BCUT2D eigenvalue weighted by Crippen LogP contribution is 2.33. The number of pyridine rings is 1. The van der Waals surface area contributed by atoms with E-state index < -0.39 is 0 Å². The number of benzene rings is 1. The van der Waals surface area contributed by atoms with E-state index in [9.17, 15) is 0 Å². The number of hydrogen-bond acceptors (Lipinski definition) is 1. The molecule has 1 nitrogen and oxygen atoms in total. The van der Waals surface area contributed by atoms with Gasteiger partial charge in [0.1, 0.15) is 0 Å². The highest BCUT2D eigenvalue weighted by Gasteiger charge is 2.21. The normalized spacial score (nSPS) is 12.9. The lowest BCUT2D eigenvalue weighted by atomic mass is 9.79. The maximum Gasteiger partial charge on any atom is 0.0300 e. The molecule has 0 spiro atoms. The monoisotopic (exact) mass is 280 g/mol. The maximum atomic E-state index is 4.25. The van der Waals surface area contributed by atoms with Gasteiger partial charge in [0.15, 0.2) is 0 Å². The SMILES string of the molecule is CCC(C)c1ccccc1[C](Cc1cccnc1)C(C)C. The van der Waals surface area contributed by atoms with Crippen LogP contribution in [0.1, 0.15) is 56.7 Å². The summed E-state index contributed by atoms with van der Waals surface area (Å²) in [5.74, 6) is 2.65. The number of hydrogen-bond donors (Lipinski definition) is 0. The summed E-state index contributed by atoms with van der Waals surface area (Å²) in [6, 6.07) is 13.1. The van der Waals surface area contributed by atoms with E-state index in [0.29, 0.717) is 11.8 Å². The van der Waals surface area contributed by atoms with Crippen LogP contribution in [0.15, 0.2) is 48.8 Å². The first-order valence-electron chi connectivity index (χ1n) is 7.97. The van der Waals surface area contributed by atoms with Gasteiger partial charge in [0.25, 0.3) is 0 Å². The van der Waals surface area contributed by atoms with Crippen LogP contribution in [0, 0.1) is 11.8 Å². The van der Waals surface area contributed by atoms with Crippen molar-refractivity contribution in [3.05, 3.63) is 71.4 Å². The van der Waals surface area contributed by atoms with Gasteiger partial charge >= 0.3 is 0 Å². The minimum Gasteiger partial charge on any atom is -0.264 e. The molecule has 1 heterocycles. The van der Waals surface area contributed by atoms with Gasteiger partial charge in [-0.3, -0.25) is 4.98 Å². The highest BCUT2D eigenvalue weighted by molar-refractivity contribution is 5.42. The molecule has 2 aromatic rings. The number of aromatic nitrogens is 1. The molecule has 0 saturated heterocycles. The summed E-state index contributed by atoms with van der Waals surface area (Å²) in [5.41, 5.74) is 4.21. The summed E-state index contributed by atoms with van der Waals surface area (Å²) in [4.78, 5) is 4.25. The molecule has 1 aromatic heterocycles. The van der Waals surface area contributed by atoms with E-state index in [1.165, 1.54) is 29.0 Å². The van der Waals surface area contributed by atoms with Crippen LogP contribution >= 0.6 is 0 Å². The molecule has 111 valence electrons. The fraction of sp³-hybridized carbons (Fsp3) is 0.400. The molecule has 2 rings (SSSR count). The average molecular weight is 280 g/mol. The van der Waals surface area contributed by atoms with Gasteiger partial charge in [0.05, 0.1) is 0 Å². The van der Waals surface area contributed by atoms with E-state index in [-0.39, 0.29) is 0 Å². The molecular formula is C20H26N. The third-order valence-corrected chi connectivity index (χ3v) is 4.26. The summed E-state index contributed by atoms with van der Waals surface area (Å²) in [7, 11) is 0. The van der Waals surface area contributed by atoms with E-state index >= 15 is 0 Å². The summed E-state index contributed by atoms with van der Waals surface area (Å²) in [6.45, 7) is 9.16. The number of nitrogens with zero attached hydrogens (tertiary/aromatic N) is 1. The van der Waals surface area contributed by atoms with Gasteiger partial charge in [0, 0.05) is 18.3 Å². The van der Waals surface area contributed by atoms with Crippen molar-refractivity contribution in [3.8, 4) is 0 Å². The Morgan fingerprint density at radius 1 is 1.05 bits per heavy atom. The predicted molar refractivity (Wildman–Crippen MR) is 90.3 cm³/mol. The second kappa shape index (κ2) is 7.40. The van der Waals surface area contributed by atoms with E-state index in [2.05, 4.69) is 63.0 Å². The molecule has 0 aliphatic rings. The van der Waals surface area contributed by atoms with Crippen LogP contribution in [-0.4, -0.2) is 4.98 Å². The standard InChI is InChI=1S/C20H26N/c1-5-16(4)18-10-6-7-11-19(18)20(15(2)3)13-17-9-8-12-21-14-17/h6-12,14-16H,5,13H2,1-4H3. The Morgan fingerprint density at radius 3 is 2.43 bits per heavy atom. The molecule has 0 amide bonds. The van der Waals surface area contributed by atoms with Crippen molar-refractivity contribution in [2.45, 2.75) is 46.5 Å². The molecule has 21 heavy (non-hydrogen) atoms. The fourth-order valence-electron chi connectivity index (χ4n) is 2.77. The molecule has 1 heteroatoms. The lowest BCUT2D eigenvalue weighted by Crippen LogP contribution is -2.14. The Kier molecular flexibility index (Phi) is 5.55. The van der Waals surface area contributed by atoms with E-state index in [4.69, 9.17) is 0 Å². The fourth-order valence-corrected chi connectivity index (χ4v) is 2.77. The summed E-state index contributed by atoms with van der Waals surface area (Å²) in [6.07, 6.45) is 5.98. The van der Waals surface area contributed by atoms with Crippen molar-refractivity contribution >= 4 is 0 Å². The Morgan fingerprint density at radius 2 is 1.81 bits per heavy atom. The quantitative estimate of drug-likeness (QED) is 0.689. The van der Waals surface area contributed by atoms with Crippen molar-refractivity contribution in [1.29, 1.82) is 0 Å². The summed E-state index contributed by atoms with van der Waals surface area (Å²) in [5, 5.41) is 0. The van der Waals surface area contributed by atoms with Crippen LogP contribution in [0.4, 0.5) is 0 Å².